The lowest BCUT2D eigenvalue weighted by Gasteiger charge is -2.19. The SMILES string of the molecule is COc1ccc(-c2nnc(SCC(=O)N(CCC#N)CCC#N)o2)c(OC)c1. The van der Waals surface area contributed by atoms with Gasteiger partial charge in [0.1, 0.15) is 11.5 Å². The minimum atomic E-state index is -0.197. The number of carbonyl (C=O) groups excluding carboxylic acids is 1. The Morgan fingerprint density at radius 3 is 2.50 bits per heavy atom. The van der Waals surface area contributed by atoms with Crippen molar-refractivity contribution in [3.05, 3.63) is 18.2 Å². The molecule has 1 aromatic carbocycles. The summed E-state index contributed by atoms with van der Waals surface area (Å²) >= 11 is 1.10. The molecule has 0 saturated heterocycles. The van der Waals surface area contributed by atoms with E-state index in [0.717, 1.165) is 11.8 Å². The first-order chi connectivity index (χ1) is 13.6. The van der Waals surface area contributed by atoms with E-state index in [1.807, 2.05) is 12.1 Å². The van der Waals surface area contributed by atoms with Crippen molar-refractivity contribution in [2.45, 2.75) is 18.1 Å². The van der Waals surface area contributed by atoms with Gasteiger partial charge in [0.15, 0.2) is 0 Å². The predicted molar refractivity (Wildman–Crippen MR) is 101 cm³/mol. The first-order valence-electron chi connectivity index (χ1n) is 8.33. The summed E-state index contributed by atoms with van der Waals surface area (Å²) in [5.74, 6) is 1.29. The minimum Gasteiger partial charge on any atom is -0.497 e. The van der Waals surface area contributed by atoms with Gasteiger partial charge in [-0.3, -0.25) is 4.79 Å². The Kier molecular flexibility index (Phi) is 8.12. The standard InChI is InChI=1S/C18H19N5O4S/c1-25-13-5-6-14(15(11-13)26-2)17-21-22-18(27-17)28-12-16(24)23(9-3-7-19)10-4-8-20/h5-6,11H,3-4,9-10,12H2,1-2H3. The summed E-state index contributed by atoms with van der Waals surface area (Å²) in [5.41, 5.74) is 0.610. The van der Waals surface area contributed by atoms with E-state index < -0.39 is 0 Å². The van der Waals surface area contributed by atoms with Crippen molar-refractivity contribution in [1.82, 2.24) is 15.1 Å². The smallest absolute Gasteiger partial charge is 0.277 e. The lowest BCUT2D eigenvalue weighted by Crippen LogP contribution is -2.34. The van der Waals surface area contributed by atoms with Crippen molar-refractivity contribution < 1.29 is 18.7 Å². The van der Waals surface area contributed by atoms with Gasteiger partial charge in [-0.05, 0) is 12.1 Å². The highest BCUT2D eigenvalue weighted by Gasteiger charge is 2.18. The molecule has 0 radical (unpaired) electrons. The van der Waals surface area contributed by atoms with Gasteiger partial charge in [0.2, 0.25) is 5.91 Å². The zero-order chi connectivity index (χ0) is 20.4. The highest BCUT2D eigenvalue weighted by Crippen LogP contribution is 2.33. The Labute approximate surface area is 166 Å². The summed E-state index contributed by atoms with van der Waals surface area (Å²) < 4.78 is 16.1. The summed E-state index contributed by atoms with van der Waals surface area (Å²) in [4.78, 5) is 13.8. The summed E-state index contributed by atoms with van der Waals surface area (Å²) in [6, 6.07) is 9.20. The van der Waals surface area contributed by atoms with Crippen LogP contribution in [-0.4, -0.2) is 54.1 Å². The lowest BCUT2D eigenvalue weighted by molar-refractivity contribution is -0.128. The van der Waals surface area contributed by atoms with Gasteiger partial charge in [-0.15, -0.1) is 10.2 Å². The third-order valence-electron chi connectivity index (χ3n) is 3.70. The molecule has 0 unspecified atom stereocenters. The molecule has 1 heterocycles. The van der Waals surface area contributed by atoms with Crippen molar-refractivity contribution in [2.75, 3.05) is 33.1 Å². The number of nitriles is 2. The van der Waals surface area contributed by atoms with Crippen LogP contribution in [-0.2, 0) is 4.79 Å². The molecule has 1 aromatic heterocycles. The first kappa shape index (κ1) is 21.1. The molecule has 2 aromatic rings. The fourth-order valence-corrected chi connectivity index (χ4v) is 2.96. The molecule has 0 spiro atoms. The summed E-state index contributed by atoms with van der Waals surface area (Å²) in [7, 11) is 3.09. The Morgan fingerprint density at radius 1 is 1.18 bits per heavy atom. The van der Waals surface area contributed by atoms with Crippen molar-refractivity contribution in [2.24, 2.45) is 0 Å². The normalized spacial score (nSPS) is 10.0. The molecule has 0 N–H and O–H groups in total. The zero-order valence-electron chi connectivity index (χ0n) is 15.5. The van der Waals surface area contributed by atoms with Gasteiger partial charge in [0.25, 0.3) is 11.1 Å². The van der Waals surface area contributed by atoms with Crippen LogP contribution in [0.2, 0.25) is 0 Å². The van der Waals surface area contributed by atoms with Gasteiger partial charge in [-0.1, -0.05) is 11.8 Å². The van der Waals surface area contributed by atoms with Gasteiger partial charge >= 0.3 is 0 Å². The summed E-state index contributed by atoms with van der Waals surface area (Å²) in [6.07, 6.45) is 0.424. The third-order valence-corrected chi connectivity index (χ3v) is 4.51. The summed E-state index contributed by atoms with van der Waals surface area (Å²) in [6.45, 7) is 0.575. The number of hydrogen-bond donors (Lipinski definition) is 0. The first-order valence-corrected chi connectivity index (χ1v) is 9.31. The van der Waals surface area contributed by atoms with E-state index in [1.165, 1.54) is 12.0 Å². The number of aromatic nitrogens is 2. The van der Waals surface area contributed by atoms with E-state index in [4.69, 9.17) is 24.4 Å². The van der Waals surface area contributed by atoms with E-state index in [0.29, 0.717) is 17.1 Å². The Hall–Kier alpha value is -3.24. The molecule has 2 rings (SSSR count). The largest absolute Gasteiger partial charge is 0.497 e. The molecular weight excluding hydrogens is 382 g/mol. The van der Waals surface area contributed by atoms with Crippen molar-refractivity contribution in [3.63, 3.8) is 0 Å². The second-order valence-corrected chi connectivity index (χ2v) is 6.35. The fourth-order valence-electron chi connectivity index (χ4n) is 2.30. The molecule has 0 fully saturated rings. The number of rotatable bonds is 10. The van der Waals surface area contributed by atoms with Crippen LogP contribution in [0.15, 0.2) is 27.8 Å². The average Bonchev–Trinajstić information content (AvgIpc) is 3.20. The van der Waals surface area contributed by atoms with E-state index in [-0.39, 0.29) is 48.7 Å². The summed E-state index contributed by atoms with van der Waals surface area (Å²) in [5, 5.41) is 25.6. The number of amides is 1. The van der Waals surface area contributed by atoms with Crippen LogP contribution < -0.4 is 9.47 Å². The zero-order valence-corrected chi connectivity index (χ0v) is 16.4. The van der Waals surface area contributed by atoms with E-state index >= 15 is 0 Å². The maximum atomic E-state index is 12.3. The maximum absolute atomic E-state index is 12.3. The molecule has 0 saturated carbocycles. The topological polar surface area (TPSA) is 125 Å². The molecule has 1 amide bonds. The van der Waals surface area contributed by atoms with Crippen LogP contribution in [0, 0.1) is 22.7 Å². The van der Waals surface area contributed by atoms with Gasteiger partial charge in [-0.25, -0.2) is 0 Å². The number of carbonyl (C=O) groups is 1. The van der Waals surface area contributed by atoms with Crippen molar-refractivity contribution in [3.8, 4) is 35.1 Å². The molecule has 0 aliphatic rings. The highest BCUT2D eigenvalue weighted by molar-refractivity contribution is 7.99. The van der Waals surface area contributed by atoms with Gasteiger partial charge < -0.3 is 18.8 Å². The van der Waals surface area contributed by atoms with Crippen LogP contribution in [0.4, 0.5) is 0 Å². The molecule has 146 valence electrons. The van der Waals surface area contributed by atoms with Crippen LogP contribution in [0.1, 0.15) is 12.8 Å². The van der Waals surface area contributed by atoms with E-state index in [9.17, 15) is 4.79 Å². The number of thioether (sulfide) groups is 1. The molecule has 0 bridgehead atoms. The van der Waals surface area contributed by atoms with Gasteiger partial charge in [-0.2, -0.15) is 10.5 Å². The molecule has 10 heteroatoms. The highest BCUT2D eigenvalue weighted by atomic mass is 32.2. The van der Waals surface area contributed by atoms with Crippen LogP contribution in [0.5, 0.6) is 11.5 Å². The second-order valence-electron chi connectivity index (χ2n) is 5.43. The maximum Gasteiger partial charge on any atom is 0.277 e. The van der Waals surface area contributed by atoms with E-state index in [1.54, 1.807) is 25.3 Å². The van der Waals surface area contributed by atoms with Crippen molar-refractivity contribution >= 4 is 17.7 Å². The number of ether oxygens (including phenoxy) is 2. The van der Waals surface area contributed by atoms with Crippen LogP contribution >= 0.6 is 11.8 Å². The fraction of sp³-hybridized carbons (Fsp3) is 0.389. The lowest BCUT2D eigenvalue weighted by atomic mass is 10.2. The molecule has 0 atom stereocenters. The number of nitrogens with zero attached hydrogens (tertiary/aromatic N) is 5. The predicted octanol–water partition coefficient (Wildman–Crippen LogP) is 2.50. The number of hydrogen-bond acceptors (Lipinski definition) is 9. The Bertz CT molecular complexity index is 869. The van der Waals surface area contributed by atoms with Crippen molar-refractivity contribution in [1.29, 1.82) is 10.5 Å². The third kappa shape index (κ3) is 5.63. The molecule has 28 heavy (non-hydrogen) atoms. The molecule has 0 aliphatic carbocycles. The Morgan fingerprint density at radius 2 is 1.89 bits per heavy atom. The van der Waals surface area contributed by atoms with Gasteiger partial charge in [0, 0.05) is 19.2 Å². The number of methoxy groups -OCH3 is 2. The van der Waals surface area contributed by atoms with Crippen LogP contribution in [0.25, 0.3) is 11.5 Å². The Balaban J connectivity index is 2.03. The molecule has 0 aliphatic heterocycles. The second kappa shape index (κ2) is 10.8. The van der Waals surface area contributed by atoms with E-state index in [2.05, 4.69) is 10.2 Å². The average molecular weight is 401 g/mol. The monoisotopic (exact) mass is 401 g/mol. The van der Waals surface area contributed by atoms with Gasteiger partial charge in [0.05, 0.1) is 50.5 Å². The minimum absolute atomic E-state index is 0.0677. The quantitative estimate of drug-likeness (QED) is 0.552. The molecular formula is C18H19N5O4S. The molecule has 9 nitrogen and oxygen atoms in total. The van der Waals surface area contributed by atoms with Crippen LogP contribution in [0.3, 0.4) is 0 Å². The number of benzene rings is 1.